The quantitative estimate of drug-likeness (QED) is 0.668. The third kappa shape index (κ3) is 3.28. The fourth-order valence-electron chi connectivity index (χ4n) is 1.27. The second kappa shape index (κ2) is 5.96. The standard InChI is InChI=1S/C11H15BrN2O2/c1-3-8(2)13-7-9-5-4-6-10(11(9)12)14(15)16/h4-6,8,13H,3,7H2,1-2H3. The SMILES string of the molecule is CCC(C)NCc1cccc([N+](=O)[O-])c1Br. The molecule has 0 aliphatic heterocycles. The molecule has 1 aromatic rings. The van der Waals surface area contributed by atoms with Crippen LogP contribution in [0.15, 0.2) is 22.7 Å². The van der Waals surface area contributed by atoms with Crippen molar-refractivity contribution < 1.29 is 4.92 Å². The van der Waals surface area contributed by atoms with Gasteiger partial charge in [0.1, 0.15) is 0 Å². The summed E-state index contributed by atoms with van der Waals surface area (Å²) in [6, 6.07) is 5.49. The van der Waals surface area contributed by atoms with Gasteiger partial charge in [0.15, 0.2) is 0 Å². The molecule has 4 nitrogen and oxygen atoms in total. The summed E-state index contributed by atoms with van der Waals surface area (Å²) >= 11 is 3.27. The van der Waals surface area contributed by atoms with Crippen molar-refractivity contribution in [2.75, 3.05) is 0 Å². The molecule has 0 saturated carbocycles. The van der Waals surface area contributed by atoms with Gasteiger partial charge in [-0.25, -0.2) is 0 Å². The van der Waals surface area contributed by atoms with Crippen LogP contribution in [0.2, 0.25) is 0 Å². The van der Waals surface area contributed by atoms with Crippen LogP contribution in [0.1, 0.15) is 25.8 Å². The molecule has 0 fully saturated rings. The lowest BCUT2D eigenvalue weighted by Gasteiger charge is -2.12. The first-order chi connectivity index (χ1) is 7.56. The fraction of sp³-hybridized carbons (Fsp3) is 0.455. The van der Waals surface area contributed by atoms with Gasteiger partial charge in [-0.3, -0.25) is 10.1 Å². The minimum Gasteiger partial charge on any atom is -0.310 e. The Morgan fingerprint density at radius 1 is 1.56 bits per heavy atom. The number of hydrogen-bond donors (Lipinski definition) is 1. The van der Waals surface area contributed by atoms with Gasteiger partial charge in [-0.15, -0.1) is 0 Å². The van der Waals surface area contributed by atoms with Gasteiger partial charge in [0.2, 0.25) is 0 Å². The average Bonchev–Trinajstić information content (AvgIpc) is 2.26. The first-order valence-corrected chi connectivity index (χ1v) is 6.00. The maximum Gasteiger partial charge on any atom is 0.283 e. The molecule has 1 N–H and O–H groups in total. The van der Waals surface area contributed by atoms with E-state index in [0.29, 0.717) is 17.1 Å². The smallest absolute Gasteiger partial charge is 0.283 e. The molecule has 1 unspecified atom stereocenters. The lowest BCUT2D eigenvalue weighted by Crippen LogP contribution is -2.24. The summed E-state index contributed by atoms with van der Waals surface area (Å²) in [5.41, 5.74) is 1.03. The largest absolute Gasteiger partial charge is 0.310 e. The average molecular weight is 287 g/mol. The molecule has 0 aliphatic carbocycles. The van der Waals surface area contributed by atoms with Gasteiger partial charge in [-0.2, -0.15) is 0 Å². The molecule has 0 radical (unpaired) electrons. The highest BCUT2D eigenvalue weighted by Crippen LogP contribution is 2.28. The van der Waals surface area contributed by atoms with Crippen molar-refractivity contribution in [1.29, 1.82) is 0 Å². The maximum atomic E-state index is 10.7. The van der Waals surface area contributed by atoms with Crippen molar-refractivity contribution in [2.45, 2.75) is 32.9 Å². The molecular formula is C11H15BrN2O2. The molecule has 1 atom stereocenters. The zero-order valence-corrected chi connectivity index (χ0v) is 11.0. The van der Waals surface area contributed by atoms with E-state index in [1.54, 1.807) is 6.07 Å². The van der Waals surface area contributed by atoms with Crippen LogP contribution in [0, 0.1) is 10.1 Å². The minimum absolute atomic E-state index is 0.114. The monoisotopic (exact) mass is 286 g/mol. The summed E-state index contributed by atoms with van der Waals surface area (Å²) in [7, 11) is 0. The second-order valence-corrected chi connectivity index (χ2v) is 4.49. The van der Waals surface area contributed by atoms with Crippen LogP contribution in [-0.4, -0.2) is 11.0 Å². The molecule has 0 aliphatic rings. The third-order valence-corrected chi connectivity index (χ3v) is 3.42. The Morgan fingerprint density at radius 2 is 2.25 bits per heavy atom. The number of nitro benzene ring substituents is 1. The predicted octanol–water partition coefficient (Wildman–Crippen LogP) is 3.25. The van der Waals surface area contributed by atoms with E-state index in [4.69, 9.17) is 0 Å². The molecule has 0 bridgehead atoms. The molecule has 0 amide bonds. The van der Waals surface area contributed by atoms with Crippen LogP contribution in [0.4, 0.5) is 5.69 Å². The number of hydrogen-bond acceptors (Lipinski definition) is 3. The summed E-state index contributed by atoms with van der Waals surface area (Å²) < 4.78 is 0.566. The first kappa shape index (κ1) is 13.1. The molecule has 0 saturated heterocycles. The number of benzene rings is 1. The summed E-state index contributed by atoms with van der Waals surface area (Å²) in [5.74, 6) is 0. The molecule has 1 aromatic carbocycles. The van der Waals surface area contributed by atoms with Gasteiger partial charge in [0.25, 0.3) is 5.69 Å². The number of nitrogens with zero attached hydrogens (tertiary/aromatic N) is 1. The first-order valence-electron chi connectivity index (χ1n) is 5.21. The Kier molecular flexibility index (Phi) is 4.89. The van der Waals surface area contributed by atoms with Gasteiger partial charge in [-0.05, 0) is 34.8 Å². The summed E-state index contributed by atoms with van der Waals surface area (Å²) in [6.45, 7) is 4.82. The van der Waals surface area contributed by atoms with Gasteiger partial charge in [-0.1, -0.05) is 19.1 Å². The lowest BCUT2D eigenvalue weighted by molar-refractivity contribution is -0.385. The second-order valence-electron chi connectivity index (χ2n) is 3.70. The molecule has 0 spiro atoms. The maximum absolute atomic E-state index is 10.7. The summed E-state index contributed by atoms with van der Waals surface area (Å²) in [6.07, 6.45) is 1.03. The normalized spacial score (nSPS) is 12.4. The van der Waals surface area contributed by atoms with Crippen molar-refractivity contribution in [3.05, 3.63) is 38.3 Å². The van der Waals surface area contributed by atoms with Crippen LogP contribution < -0.4 is 5.32 Å². The number of nitro groups is 1. The van der Waals surface area contributed by atoms with Crippen LogP contribution in [-0.2, 0) is 6.54 Å². The molecule has 16 heavy (non-hydrogen) atoms. The Bertz CT molecular complexity index is 382. The Hall–Kier alpha value is -0.940. The van der Waals surface area contributed by atoms with Gasteiger partial charge in [0.05, 0.1) is 9.40 Å². The van der Waals surface area contributed by atoms with Crippen molar-refractivity contribution in [3.63, 3.8) is 0 Å². The van der Waals surface area contributed by atoms with Crippen LogP contribution >= 0.6 is 15.9 Å². The van der Waals surface area contributed by atoms with Crippen molar-refractivity contribution in [2.24, 2.45) is 0 Å². The third-order valence-electron chi connectivity index (χ3n) is 2.51. The summed E-state index contributed by atoms with van der Waals surface area (Å²) in [4.78, 5) is 10.3. The highest BCUT2D eigenvalue weighted by Gasteiger charge is 2.14. The zero-order valence-electron chi connectivity index (χ0n) is 9.37. The van der Waals surface area contributed by atoms with Gasteiger partial charge < -0.3 is 5.32 Å². The van der Waals surface area contributed by atoms with Crippen molar-refractivity contribution in [1.82, 2.24) is 5.32 Å². The fourth-order valence-corrected chi connectivity index (χ4v) is 1.82. The topological polar surface area (TPSA) is 55.2 Å². The Balaban J connectivity index is 2.81. The lowest BCUT2D eigenvalue weighted by atomic mass is 10.2. The van der Waals surface area contributed by atoms with Crippen LogP contribution in [0.3, 0.4) is 0 Å². The van der Waals surface area contributed by atoms with E-state index in [2.05, 4.69) is 35.1 Å². The van der Waals surface area contributed by atoms with Crippen LogP contribution in [0.25, 0.3) is 0 Å². The Morgan fingerprint density at radius 3 is 2.81 bits per heavy atom. The highest BCUT2D eigenvalue weighted by atomic mass is 79.9. The van der Waals surface area contributed by atoms with Crippen molar-refractivity contribution >= 4 is 21.6 Å². The van der Waals surface area contributed by atoms with E-state index in [-0.39, 0.29) is 10.6 Å². The predicted molar refractivity (Wildman–Crippen MR) is 67.4 cm³/mol. The molecular weight excluding hydrogens is 272 g/mol. The Labute approximate surface area is 103 Å². The van der Waals surface area contributed by atoms with Crippen LogP contribution in [0.5, 0.6) is 0 Å². The number of rotatable bonds is 5. The molecule has 1 rings (SSSR count). The number of nitrogens with one attached hydrogen (secondary N) is 1. The van der Waals surface area contributed by atoms with E-state index in [0.717, 1.165) is 12.0 Å². The van der Waals surface area contributed by atoms with Crippen molar-refractivity contribution in [3.8, 4) is 0 Å². The van der Waals surface area contributed by atoms with E-state index in [9.17, 15) is 10.1 Å². The highest BCUT2D eigenvalue weighted by molar-refractivity contribution is 9.10. The van der Waals surface area contributed by atoms with Gasteiger partial charge >= 0.3 is 0 Å². The van der Waals surface area contributed by atoms with E-state index in [1.807, 2.05) is 6.07 Å². The van der Waals surface area contributed by atoms with Gasteiger partial charge in [0, 0.05) is 18.7 Å². The van der Waals surface area contributed by atoms with E-state index < -0.39 is 0 Å². The van der Waals surface area contributed by atoms with E-state index >= 15 is 0 Å². The molecule has 88 valence electrons. The number of halogens is 1. The molecule has 5 heteroatoms. The minimum atomic E-state index is -0.378. The van der Waals surface area contributed by atoms with E-state index in [1.165, 1.54) is 6.07 Å². The molecule has 0 heterocycles. The zero-order chi connectivity index (χ0) is 12.1. The molecule has 0 aromatic heterocycles. The summed E-state index contributed by atoms with van der Waals surface area (Å²) in [5, 5.41) is 14.0.